The van der Waals surface area contributed by atoms with E-state index in [1.807, 2.05) is 0 Å². The summed E-state index contributed by atoms with van der Waals surface area (Å²) >= 11 is 49.0. The minimum Gasteiger partial charge on any atom is -0.295 e. The van der Waals surface area contributed by atoms with Gasteiger partial charge in [-0.2, -0.15) is 0 Å². The molecule has 4 atom stereocenters. The molecule has 0 N–H and O–H groups in total. The minimum atomic E-state index is -2.24. The van der Waals surface area contributed by atoms with E-state index in [1.165, 1.54) is 0 Å². The molecule has 3 rings (SSSR count). The maximum atomic E-state index is 12.5. The van der Waals surface area contributed by atoms with Crippen LogP contribution in [0.4, 0.5) is 0 Å². The zero-order chi connectivity index (χ0) is 15.5. The zero-order valence-corrected chi connectivity index (χ0v) is 14.9. The smallest absolute Gasteiger partial charge is 0.201 e. The van der Waals surface area contributed by atoms with Crippen LogP contribution in [-0.4, -0.2) is 31.1 Å². The Balaban J connectivity index is 2.53. The predicted octanol–water partition coefficient (Wildman–Crippen LogP) is 4.45. The van der Waals surface area contributed by atoms with E-state index in [0.717, 1.165) is 0 Å². The van der Waals surface area contributed by atoms with E-state index in [2.05, 4.69) is 0 Å². The lowest BCUT2D eigenvalue weighted by atomic mass is 9.82. The summed E-state index contributed by atoms with van der Waals surface area (Å²) in [6.45, 7) is 0. The fraction of sp³-hybridized carbons (Fsp3) is 0.400. The van der Waals surface area contributed by atoms with Gasteiger partial charge in [0.15, 0.2) is 20.4 Å². The molecule has 0 aromatic rings. The first kappa shape index (κ1) is 16.0. The molecular weight excluding hydrogens is 436 g/mol. The molecule has 0 unspecified atom stereocenters. The highest BCUT2D eigenvalue weighted by atomic mass is 35.5. The molecule has 0 spiro atoms. The van der Waals surface area contributed by atoms with Gasteiger partial charge in [-0.05, 0) is 0 Å². The second-order valence-corrected chi connectivity index (χ2v) is 8.33. The summed E-state index contributed by atoms with van der Waals surface area (Å²) in [7, 11) is 0. The summed E-state index contributed by atoms with van der Waals surface area (Å²) in [5.41, 5.74) is 0. The summed E-state index contributed by atoms with van der Waals surface area (Å²) < 4.78 is 0. The van der Waals surface area contributed by atoms with E-state index >= 15 is 0 Å². The number of Topliss-reactive ketones (excluding diaryl/α,β-unsaturated/α-hetero) is 2. The van der Waals surface area contributed by atoms with Gasteiger partial charge in [-0.25, -0.2) is 0 Å². The number of hydrogen-bond donors (Lipinski definition) is 0. The van der Waals surface area contributed by atoms with E-state index in [4.69, 9.17) is 92.8 Å². The second kappa shape index (κ2) is 3.96. The van der Waals surface area contributed by atoms with Gasteiger partial charge in [-0.3, -0.25) is 9.59 Å². The molecule has 0 aliphatic heterocycles. The van der Waals surface area contributed by atoms with Crippen molar-refractivity contribution in [3.63, 3.8) is 0 Å². The van der Waals surface area contributed by atoms with Crippen LogP contribution in [-0.2, 0) is 9.59 Å². The van der Waals surface area contributed by atoms with Crippen molar-refractivity contribution in [2.75, 3.05) is 0 Å². The van der Waals surface area contributed by atoms with Gasteiger partial charge in [0.1, 0.15) is 9.91 Å². The number of allylic oxidation sites excluding steroid dienone is 4. The molecular formula is C10Cl8O2. The van der Waals surface area contributed by atoms with E-state index in [-0.39, 0.29) is 15.1 Å². The molecule has 0 heterocycles. The van der Waals surface area contributed by atoms with Gasteiger partial charge in [0, 0.05) is 0 Å². The molecule has 2 nitrogen and oxygen atoms in total. The van der Waals surface area contributed by atoms with E-state index in [1.54, 1.807) is 0 Å². The SMILES string of the molecule is O=C1[C@@]2(Cl)C(Cl)=C(Cl)[C@]1(Cl)[C@@]1(Cl)C(Cl)=C(Cl)C(=O)[C@@]21Cl. The summed E-state index contributed by atoms with van der Waals surface area (Å²) in [4.78, 5) is 16.2. The number of halogens is 8. The predicted molar refractivity (Wildman–Crippen MR) is 81.8 cm³/mol. The maximum absolute atomic E-state index is 12.5. The molecule has 108 valence electrons. The molecule has 0 aromatic carbocycles. The molecule has 20 heavy (non-hydrogen) atoms. The average molecular weight is 436 g/mol. The summed E-state index contributed by atoms with van der Waals surface area (Å²) in [5.74, 6) is -1.82. The fourth-order valence-corrected chi connectivity index (χ4v) is 6.72. The Morgan fingerprint density at radius 1 is 0.650 bits per heavy atom. The van der Waals surface area contributed by atoms with Crippen molar-refractivity contribution in [2.45, 2.75) is 19.5 Å². The van der Waals surface area contributed by atoms with Crippen molar-refractivity contribution in [1.29, 1.82) is 0 Å². The molecule has 0 aromatic heterocycles. The minimum absolute atomic E-state index is 0.315. The van der Waals surface area contributed by atoms with Crippen LogP contribution in [0, 0.1) is 0 Å². The molecule has 0 radical (unpaired) electrons. The molecule has 10 heteroatoms. The van der Waals surface area contributed by atoms with Crippen molar-refractivity contribution in [2.24, 2.45) is 0 Å². The number of fused-ring (bicyclic) bond motifs is 5. The van der Waals surface area contributed by atoms with Crippen LogP contribution in [0.1, 0.15) is 0 Å². The van der Waals surface area contributed by atoms with Gasteiger partial charge < -0.3 is 0 Å². The van der Waals surface area contributed by atoms with E-state index in [0.29, 0.717) is 0 Å². The monoisotopic (exact) mass is 432 g/mol. The summed E-state index contributed by atoms with van der Waals surface area (Å²) in [6.07, 6.45) is 0. The zero-order valence-electron chi connectivity index (χ0n) is 8.84. The normalized spacial score (nSPS) is 50.6. The highest BCUT2D eigenvalue weighted by Gasteiger charge is 2.93. The molecule has 0 amide bonds. The Morgan fingerprint density at radius 2 is 1.05 bits per heavy atom. The molecule has 0 saturated heterocycles. The van der Waals surface area contributed by atoms with Gasteiger partial charge in [-0.1, -0.05) is 46.4 Å². The van der Waals surface area contributed by atoms with Crippen molar-refractivity contribution in [3.05, 3.63) is 20.1 Å². The number of carbonyl (C=O) groups is 2. The fourth-order valence-electron chi connectivity index (χ4n) is 2.85. The standard InChI is InChI=1S/C10Cl8O2/c11-1-2(12)9(17)7(15)3(13)4(14)8(16,6(7)20)10(9,18)5(1)19/t7-,8+,9+,10-/m1/s1. The highest BCUT2D eigenvalue weighted by Crippen LogP contribution is 2.77. The van der Waals surface area contributed by atoms with Crippen LogP contribution in [0.2, 0.25) is 0 Å². The third-order valence-corrected chi connectivity index (χ3v) is 9.19. The van der Waals surface area contributed by atoms with Crippen LogP contribution >= 0.6 is 92.8 Å². The first-order valence-corrected chi connectivity index (χ1v) is 7.94. The van der Waals surface area contributed by atoms with Gasteiger partial charge >= 0.3 is 0 Å². The maximum Gasteiger partial charge on any atom is 0.201 e. The number of rotatable bonds is 0. The largest absolute Gasteiger partial charge is 0.295 e. The third kappa shape index (κ3) is 1.09. The van der Waals surface area contributed by atoms with E-state index in [9.17, 15) is 9.59 Å². The Hall–Kier alpha value is 1.14. The van der Waals surface area contributed by atoms with Crippen LogP contribution in [0.15, 0.2) is 20.1 Å². The Morgan fingerprint density at radius 3 is 1.50 bits per heavy atom. The Bertz CT molecular complexity index is 683. The van der Waals surface area contributed by atoms with Crippen LogP contribution in [0.5, 0.6) is 0 Å². The lowest BCUT2D eigenvalue weighted by Gasteiger charge is -2.43. The second-order valence-electron chi connectivity index (χ2n) is 4.55. The summed E-state index contributed by atoms with van der Waals surface area (Å²) in [6, 6.07) is 0. The van der Waals surface area contributed by atoms with Gasteiger partial charge in [-0.15, -0.1) is 46.4 Å². The first-order valence-electron chi connectivity index (χ1n) is 4.92. The lowest BCUT2D eigenvalue weighted by molar-refractivity contribution is -0.122. The summed E-state index contributed by atoms with van der Waals surface area (Å²) in [5, 5.41) is -1.50. The van der Waals surface area contributed by atoms with Crippen molar-refractivity contribution in [3.8, 4) is 0 Å². The highest BCUT2D eigenvalue weighted by molar-refractivity contribution is 6.76. The topological polar surface area (TPSA) is 34.1 Å². The van der Waals surface area contributed by atoms with Crippen LogP contribution < -0.4 is 0 Å². The van der Waals surface area contributed by atoms with Crippen molar-refractivity contribution in [1.82, 2.24) is 0 Å². The van der Waals surface area contributed by atoms with Gasteiger partial charge in [0.2, 0.25) is 5.78 Å². The third-order valence-electron chi connectivity index (χ3n) is 3.85. The molecule has 2 bridgehead atoms. The van der Waals surface area contributed by atoms with Crippen molar-refractivity contribution >= 4 is 104 Å². The lowest BCUT2D eigenvalue weighted by Crippen LogP contribution is -2.61. The van der Waals surface area contributed by atoms with Gasteiger partial charge in [0.05, 0.1) is 15.1 Å². The number of alkyl halides is 4. The number of hydrogen-bond acceptors (Lipinski definition) is 2. The molecule has 1 saturated carbocycles. The van der Waals surface area contributed by atoms with Crippen LogP contribution in [0.25, 0.3) is 0 Å². The molecule has 3 aliphatic rings. The average Bonchev–Trinajstić information content (AvgIpc) is 2.70. The van der Waals surface area contributed by atoms with Gasteiger partial charge in [0.25, 0.3) is 0 Å². The number of carbonyl (C=O) groups excluding carboxylic acids is 2. The Kier molecular flexibility index (Phi) is 3.17. The van der Waals surface area contributed by atoms with E-state index < -0.39 is 36.1 Å². The Labute approximate surface area is 152 Å². The molecule has 1 fully saturated rings. The van der Waals surface area contributed by atoms with Crippen molar-refractivity contribution < 1.29 is 9.59 Å². The quantitative estimate of drug-likeness (QED) is 0.527. The van der Waals surface area contributed by atoms with Crippen LogP contribution in [0.3, 0.4) is 0 Å². The number of ketones is 2. The molecule has 3 aliphatic carbocycles. The first-order chi connectivity index (χ1) is 8.95.